The van der Waals surface area contributed by atoms with Crippen LogP contribution >= 0.6 is 0 Å². The van der Waals surface area contributed by atoms with Crippen molar-refractivity contribution >= 4 is 23.9 Å². The highest BCUT2D eigenvalue weighted by molar-refractivity contribution is 5.91. The first-order valence-corrected chi connectivity index (χ1v) is 7.41. The highest BCUT2D eigenvalue weighted by Gasteiger charge is 2.15. The van der Waals surface area contributed by atoms with Gasteiger partial charge in [-0.15, -0.1) is 0 Å². The lowest BCUT2D eigenvalue weighted by atomic mass is 10.1. The molecular formula is C17H22N2O4. The van der Waals surface area contributed by atoms with Crippen molar-refractivity contribution in [2.45, 2.75) is 26.8 Å². The lowest BCUT2D eigenvalue weighted by Crippen LogP contribution is -2.46. The molecule has 0 aliphatic heterocycles. The summed E-state index contributed by atoms with van der Waals surface area (Å²) in [4.78, 5) is 34.6. The normalized spacial score (nSPS) is 11.8. The SMILES string of the molecule is CCNC(=O)[C@@H](C)NC(=O)COC(=O)/C=C/c1cccc(C)c1. The fraction of sp³-hybridized carbons (Fsp3) is 0.353. The molecule has 0 bridgehead atoms. The van der Waals surface area contributed by atoms with Crippen LogP contribution in [-0.4, -0.2) is 37.0 Å². The molecule has 0 heterocycles. The molecule has 0 spiro atoms. The summed E-state index contributed by atoms with van der Waals surface area (Å²) in [6.45, 7) is 5.35. The van der Waals surface area contributed by atoms with Crippen LogP contribution in [0.5, 0.6) is 0 Å². The van der Waals surface area contributed by atoms with Crippen molar-refractivity contribution in [3.05, 3.63) is 41.5 Å². The standard InChI is InChI=1S/C17H22N2O4/c1-4-18-17(22)13(3)19-15(20)11-23-16(21)9-8-14-7-5-6-12(2)10-14/h5-10,13H,4,11H2,1-3H3,(H,18,22)(H,19,20)/b9-8+/t13-/m1/s1. The maximum Gasteiger partial charge on any atom is 0.331 e. The molecule has 0 aliphatic carbocycles. The Kier molecular flexibility index (Phi) is 7.53. The first-order chi connectivity index (χ1) is 10.9. The fourth-order valence-electron chi connectivity index (χ4n) is 1.80. The molecule has 0 aromatic heterocycles. The minimum Gasteiger partial charge on any atom is -0.452 e. The number of likely N-dealkylation sites (N-methyl/N-ethyl adjacent to an activating group) is 1. The molecule has 1 aromatic rings. The van der Waals surface area contributed by atoms with Crippen molar-refractivity contribution in [1.82, 2.24) is 10.6 Å². The van der Waals surface area contributed by atoms with E-state index in [-0.39, 0.29) is 5.91 Å². The zero-order valence-electron chi connectivity index (χ0n) is 13.6. The number of hydrogen-bond acceptors (Lipinski definition) is 4. The Morgan fingerprint density at radius 2 is 2.04 bits per heavy atom. The second-order valence-corrected chi connectivity index (χ2v) is 5.04. The smallest absolute Gasteiger partial charge is 0.331 e. The molecule has 2 N–H and O–H groups in total. The van der Waals surface area contributed by atoms with Gasteiger partial charge in [-0.05, 0) is 32.4 Å². The van der Waals surface area contributed by atoms with E-state index in [0.717, 1.165) is 11.1 Å². The van der Waals surface area contributed by atoms with Crippen molar-refractivity contribution in [2.75, 3.05) is 13.2 Å². The van der Waals surface area contributed by atoms with Crippen molar-refractivity contribution in [1.29, 1.82) is 0 Å². The van der Waals surface area contributed by atoms with Crippen molar-refractivity contribution < 1.29 is 19.1 Å². The van der Waals surface area contributed by atoms with Crippen LogP contribution in [0.25, 0.3) is 6.08 Å². The maximum absolute atomic E-state index is 11.6. The summed E-state index contributed by atoms with van der Waals surface area (Å²) < 4.78 is 4.83. The van der Waals surface area contributed by atoms with Gasteiger partial charge >= 0.3 is 5.97 Å². The Bertz CT molecular complexity index is 596. The highest BCUT2D eigenvalue weighted by atomic mass is 16.5. The minimum atomic E-state index is -0.677. The third-order valence-corrected chi connectivity index (χ3v) is 2.92. The van der Waals surface area contributed by atoms with Crippen LogP contribution in [0.2, 0.25) is 0 Å². The van der Waals surface area contributed by atoms with E-state index in [4.69, 9.17) is 4.74 Å². The number of hydrogen-bond donors (Lipinski definition) is 2. The number of carbonyl (C=O) groups excluding carboxylic acids is 3. The maximum atomic E-state index is 11.6. The summed E-state index contributed by atoms with van der Waals surface area (Å²) in [5.74, 6) is -1.43. The Morgan fingerprint density at radius 3 is 2.70 bits per heavy atom. The average molecular weight is 318 g/mol. The van der Waals surface area contributed by atoms with Crippen LogP contribution in [0.15, 0.2) is 30.3 Å². The fourth-order valence-corrected chi connectivity index (χ4v) is 1.80. The summed E-state index contributed by atoms with van der Waals surface area (Å²) in [6, 6.07) is 6.94. The van der Waals surface area contributed by atoms with Crippen LogP contribution in [-0.2, 0) is 19.1 Å². The quantitative estimate of drug-likeness (QED) is 0.584. The number of aryl methyl sites for hydroxylation is 1. The van der Waals surface area contributed by atoms with Crippen molar-refractivity contribution in [3.8, 4) is 0 Å². The molecule has 23 heavy (non-hydrogen) atoms. The monoisotopic (exact) mass is 318 g/mol. The first-order valence-electron chi connectivity index (χ1n) is 7.41. The van der Waals surface area contributed by atoms with Gasteiger partial charge in [0.05, 0.1) is 0 Å². The van der Waals surface area contributed by atoms with Gasteiger partial charge in [-0.2, -0.15) is 0 Å². The summed E-state index contributed by atoms with van der Waals surface area (Å²) in [5, 5.41) is 5.03. The van der Waals surface area contributed by atoms with Gasteiger partial charge in [-0.1, -0.05) is 29.8 Å². The highest BCUT2D eigenvalue weighted by Crippen LogP contribution is 2.05. The molecule has 6 heteroatoms. The molecule has 6 nitrogen and oxygen atoms in total. The van der Waals surface area contributed by atoms with Gasteiger partial charge < -0.3 is 15.4 Å². The predicted octanol–water partition coefficient (Wildman–Crippen LogP) is 1.19. The number of nitrogens with one attached hydrogen (secondary N) is 2. The molecule has 1 aromatic carbocycles. The Morgan fingerprint density at radius 1 is 1.30 bits per heavy atom. The molecule has 124 valence electrons. The summed E-state index contributed by atoms with van der Waals surface area (Å²) in [5.41, 5.74) is 1.95. The third kappa shape index (κ3) is 7.26. The zero-order valence-corrected chi connectivity index (χ0v) is 13.6. The lowest BCUT2D eigenvalue weighted by molar-refractivity contribution is -0.144. The predicted molar refractivity (Wildman–Crippen MR) is 87.5 cm³/mol. The number of benzene rings is 1. The number of esters is 1. The largest absolute Gasteiger partial charge is 0.452 e. The number of ether oxygens (including phenoxy) is 1. The average Bonchev–Trinajstić information content (AvgIpc) is 2.51. The van der Waals surface area contributed by atoms with Gasteiger partial charge in [-0.3, -0.25) is 9.59 Å². The summed E-state index contributed by atoms with van der Waals surface area (Å²) in [6.07, 6.45) is 2.87. The van der Waals surface area contributed by atoms with Gasteiger partial charge in [0, 0.05) is 12.6 Å². The van der Waals surface area contributed by atoms with E-state index >= 15 is 0 Å². The minimum absolute atomic E-state index is 0.286. The molecule has 0 saturated carbocycles. The molecule has 1 rings (SSSR count). The molecule has 2 amide bonds. The Hall–Kier alpha value is -2.63. The summed E-state index contributed by atoms with van der Waals surface area (Å²) in [7, 11) is 0. The van der Waals surface area contributed by atoms with Crippen LogP contribution < -0.4 is 10.6 Å². The van der Waals surface area contributed by atoms with E-state index in [9.17, 15) is 14.4 Å². The van der Waals surface area contributed by atoms with Crippen LogP contribution in [0.4, 0.5) is 0 Å². The van der Waals surface area contributed by atoms with E-state index in [1.165, 1.54) is 6.08 Å². The van der Waals surface area contributed by atoms with Gasteiger partial charge in [0.1, 0.15) is 6.04 Å². The Balaban J connectivity index is 2.38. The molecule has 0 fully saturated rings. The van der Waals surface area contributed by atoms with Gasteiger partial charge in [0.15, 0.2) is 6.61 Å². The topological polar surface area (TPSA) is 84.5 Å². The van der Waals surface area contributed by atoms with Crippen molar-refractivity contribution in [2.24, 2.45) is 0 Å². The van der Waals surface area contributed by atoms with Crippen LogP contribution in [0.1, 0.15) is 25.0 Å². The molecule has 1 atom stereocenters. The number of rotatable bonds is 7. The van der Waals surface area contributed by atoms with E-state index in [0.29, 0.717) is 6.54 Å². The molecular weight excluding hydrogens is 296 g/mol. The Labute approximate surface area is 135 Å². The summed E-state index contributed by atoms with van der Waals surface area (Å²) >= 11 is 0. The van der Waals surface area contributed by atoms with Crippen LogP contribution in [0.3, 0.4) is 0 Å². The van der Waals surface area contributed by atoms with Crippen molar-refractivity contribution in [3.63, 3.8) is 0 Å². The van der Waals surface area contributed by atoms with E-state index < -0.39 is 24.5 Å². The lowest BCUT2D eigenvalue weighted by Gasteiger charge is -2.12. The molecule has 0 aliphatic rings. The van der Waals surface area contributed by atoms with Gasteiger partial charge in [0.2, 0.25) is 5.91 Å². The molecule has 0 radical (unpaired) electrons. The zero-order chi connectivity index (χ0) is 17.2. The second-order valence-electron chi connectivity index (χ2n) is 5.04. The molecule has 0 unspecified atom stereocenters. The number of amides is 2. The van der Waals surface area contributed by atoms with Gasteiger partial charge in [0.25, 0.3) is 5.91 Å². The molecule has 0 saturated heterocycles. The van der Waals surface area contributed by atoms with Crippen LogP contribution in [0, 0.1) is 6.92 Å². The second kappa shape index (κ2) is 9.40. The van der Waals surface area contributed by atoms with E-state index in [1.54, 1.807) is 19.9 Å². The van der Waals surface area contributed by atoms with E-state index in [1.807, 2.05) is 31.2 Å². The third-order valence-electron chi connectivity index (χ3n) is 2.92. The number of carbonyl (C=O) groups is 3. The first kappa shape index (κ1) is 18.4. The van der Waals surface area contributed by atoms with Gasteiger partial charge in [-0.25, -0.2) is 4.79 Å². The van der Waals surface area contributed by atoms with E-state index in [2.05, 4.69) is 10.6 Å².